The molecule has 34 heavy (non-hydrogen) atoms. The second kappa shape index (κ2) is 8.37. The number of oxime groups is 1. The molecule has 0 spiro atoms. The Hall–Kier alpha value is -3.50. The highest BCUT2D eigenvalue weighted by Crippen LogP contribution is 2.40. The lowest BCUT2D eigenvalue weighted by atomic mass is 10.0. The number of rotatable bonds is 6. The van der Waals surface area contributed by atoms with Crippen LogP contribution in [0.25, 0.3) is 10.2 Å². The van der Waals surface area contributed by atoms with Gasteiger partial charge in [-0.15, -0.1) is 32.5 Å². The Morgan fingerprint density at radius 3 is 2.91 bits per heavy atom. The van der Waals surface area contributed by atoms with Crippen molar-refractivity contribution in [2.75, 3.05) is 11.5 Å². The molecule has 2 aliphatic rings. The normalized spacial score (nSPS) is 20.4. The van der Waals surface area contributed by atoms with Crippen molar-refractivity contribution < 1.29 is 29.4 Å². The number of aromatic nitrogens is 4. The molecule has 2 atom stereocenters. The van der Waals surface area contributed by atoms with Crippen LogP contribution in [0.5, 0.6) is 0 Å². The Bertz CT molecular complexity index is 1410. The molecule has 16 heteroatoms. The van der Waals surface area contributed by atoms with E-state index in [1.165, 1.54) is 11.8 Å². The standard InChI is InChI=1S/C18H16N8O5S3/c1-24-15-7(2-3-32-15)4-25(24)5-8-6-33-16-10(14(28)26(16)11(8)17(29)30)20-13(27)9(22-31)12-21-18(19)34-23-12/h2-4,10,16H,5-6H2,1H3,(H4-,19,20,21,23,27,29,30,31)/t10-,16-/m1/s1. The molecule has 2 amide bonds. The molecule has 5 heterocycles. The minimum Gasteiger partial charge on any atom is -0.543 e. The van der Waals surface area contributed by atoms with Crippen LogP contribution in [-0.4, -0.2) is 64.8 Å². The first-order valence-electron chi connectivity index (χ1n) is 9.73. The zero-order valence-electron chi connectivity index (χ0n) is 17.4. The van der Waals surface area contributed by atoms with Crippen LogP contribution in [0.2, 0.25) is 0 Å². The van der Waals surface area contributed by atoms with E-state index in [4.69, 9.17) is 5.73 Å². The summed E-state index contributed by atoms with van der Waals surface area (Å²) in [4.78, 5) is 43.4. The highest BCUT2D eigenvalue weighted by atomic mass is 32.2. The van der Waals surface area contributed by atoms with Crippen molar-refractivity contribution >= 4 is 73.5 Å². The average molecular weight is 521 g/mol. The number of fused-ring (bicyclic) bond motifs is 2. The minimum atomic E-state index is -1.46. The van der Waals surface area contributed by atoms with Crippen LogP contribution in [0.3, 0.4) is 0 Å². The number of thioether (sulfide) groups is 1. The highest BCUT2D eigenvalue weighted by Gasteiger charge is 2.53. The number of nitrogen functional groups attached to an aromatic ring is 1. The topological polar surface area (TPSA) is 183 Å². The van der Waals surface area contributed by atoms with Gasteiger partial charge in [-0.25, -0.2) is 0 Å². The van der Waals surface area contributed by atoms with Gasteiger partial charge in [-0.1, -0.05) is 5.16 Å². The Labute approximate surface area is 203 Å². The maximum absolute atomic E-state index is 12.9. The van der Waals surface area contributed by atoms with Crippen molar-refractivity contribution in [3.05, 3.63) is 34.7 Å². The van der Waals surface area contributed by atoms with Crippen LogP contribution >= 0.6 is 34.6 Å². The number of nitrogens with two attached hydrogens (primary N) is 1. The number of nitrogens with zero attached hydrogens (tertiary/aromatic N) is 6. The Morgan fingerprint density at radius 1 is 1.47 bits per heavy atom. The lowest BCUT2D eigenvalue weighted by molar-refractivity contribution is -0.764. The van der Waals surface area contributed by atoms with E-state index in [-0.39, 0.29) is 23.2 Å². The second-order valence-electron chi connectivity index (χ2n) is 7.44. The van der Waals surface area contributed by atoms with E-state index in [1.807, 2.05) is 34.1 Å². The Kier molecular flexibility index (Phi) is 5.49. The highest BCUT2D eigenvalue weighted by molar-refractivity contribution is 8.00. The minimum absolute atomic E-state index is 0.0740. The third-order valence-corrected chi connectivity index (χ3v) is 8.37. The summed E-state index contributed by atoms with van der Waals surface area (Å²) >= 11 is 3.70. The zero-order valence-corrected chi connectivity index (χ0v) is 19.8. The molecule has 2 aliphatic heterocycles. The number of aliphatic carboxylic acids is 1. The van der Waals surface area contributed by atoms with Crippen molar-refractivity contribution in [2.45, 2.75) is 18.0 Å². The molecular weight excluding hydrogens is 504 g/mol. The number of carboxylic acids is 1. The molecule has 0 unspecified atom stereocenters. The molecule has 176 valence electrons. The fraction of sp³-hybridized carbons (Fsp3) is 0.278. The SMILES string of the molecule is Cn1c2sccc2c[n+]1CC1=C(C(=O)[O-])N2C(=O)[C@@H](NC(=O)/C(=N\O)c3nsc(N)n3)[C@H]2SC1. The molecule has 3 aromatic rings. The van der Waals surface area contributed by atoms with Gasteiger partial charge in [0.2, 0.25) is 17.7 Å². The van der Waals surface area contributed by atoms with E-state index in [1.54, 1.807) is 11.3 Å². The molecule has 13 nitrogen and oxygen atoms in total. The number of carbonyl (C=O) groups excluding carboxylic acids is 3. The molecular formula is C18H16N8O5S3. The third kappa shape index (κ3) is 3.50. The molecule has 1 fully saturated rings. The first-order valence-corrected chi connectivity index (χ1v) is 12.4. The van der Waals surface area contributed by atoms with Gasteiger partial charge in [-0.05, 0) is 11.4 Å². The molecule has 0 aromatic carbocycles. The average Bonchev–Trinajstić information content (AvgIpc) is 3.51. The van der Waals surface area contributed by atoms with E-state index in [9.17, 15) is 24.7 Å². The maximum atomic E-state index is 12.9. The van der Waals surface area contributed by atoms with Gasteiger partial charge in [-0.2, -0.15) is 9.36 Å². The molecule has 3 aromatic heterocycles. The van der Waals surface area contributed by atoms with Crippen LogP contribution in [0.1, 0.15) is 5.82 Å². The summed E-state index contributed by atoms with van der Waals surface area (Å²) in [5, 5.41) is 29.1. The lowest BCUT2D eigenvalue weighted by Gasteiger charge is -2.50. The summed E-state index contributed by atoms with van der Waals surface area (Å²) in [6.45, 7) is 0.264. The number of hydrogen-bond donors (Lipinski definition) is 3. The van der Waals surface area contributed by atoms with Crippen molar-refractivity contribution in [3.63, 3.8) is 0 Å². The Morgan fingerprint density at radius 2 is 2.26 bits per heavy atom. The summed E-state index contributed by atoms with van der Waals surface area (Å²) in [5.74, 6) is -2.82. The fourth-order valence-corrected chi connectivity index (χ4v) is 6.54. The second-order valence-corrected chi connectivity index (χ2v) is 10.2. The third-order valence-electron chi connectivity index (χ3n) is 5.49. The molecule has 0 saturated carbocycles. The number of β-lactam (4-membered cyclic amide) rings is 1. The quantitative estimate of drug-likeness (QED) is 0.111. The number of carboxylic acid groups (broad SMARTS) is 1. The summed E-state index contributed by atoms with van der Waals surface area (Å²) in [7, 11) is 1.88. The number of aryl methyl sites for hydroxylation is 1. The first-order chi connectivity index (χ1) is 16.3. The van der Waals surface area contributed by atoms with Crippen molar-refractivity contribution in [2.24, 2.45) is 12.2 Å². The van der Waals surface area contributed by atoms with Gasteiger partial charge < -0.3 is 26.2 Å². The van der Waals surface area contributed by atoms with Crippen LogP contribution in [0.4, 0.5) is 5.13 Å². The van der Waals surface area contributed by atoms with Crippen LogP contribution < -0.4 is 20.8 Å². The maximum Gasteiger partial charge on any atom is 0.278 e. The number of hydrogen-bond acceptors (Lipinski definition) is 12. The summed E-state index contributed by atoms with van der Waals surface area (Å²) in [5.41, 5.74) is 5.33. The largest absolute Gasteiger partial charge is 0.543 e. The predicted octanol–water partition coefficient (Wildman–Crippen LogP) is -1.76. The van der Waals surface area contributed by atoms with Gasteiger partial charge in [0.1, 0.15) is 11.4 Å². The number of carbonyl (C=O) groups is 3. The van der Waals surface area contributed by atoms with E-state index in [0.717, 1.165) is 26.6 Å². The number of amides is 2. The summed E-state index contributed by atoms with van der Waals surface area (Å²) < 4.78 is 7.62. The molecule has 0 bridgehead atoms. The smallest absolute Gasteiger partial charge is 0.278 e. The monoisotopic (exact) mass is 520 g/mol. The zero-order chi connectivity index (χ0) is 24.1. The van der Waals surface area contributed by atoms with Gasteiger partial charge in [0.25, 0.3) is 11.8 Å². The van der Waals surface area contributed by atoms with Gasteiger partial charge >= 0.3 is 0 Å². The van der Waals surface area contributed by atoms with E-state index < -0.39 is 34.9 Å². The van der Waals surface area contributed by atoms with Crippen molar-refractivity contribution in [3.8, 4) is 0 Å². The van der Waals surface area contributed by atoms with Crippen LogP contribution in [0, 0.1) is 0 Å². The van der Waals surface area contributed by atoms with Gasteiger partial charge in [0.05, 0.1) is 24.1 Å². The van der Waals surface area contributed by atoms with E-state index in [2.05, 4.69) is 19.8 Å². The molecule has 1 saturated heterocycles. The number of anilines is 1. The first kappa shape index (κ1) is 22.3. The van der Waals surface area contributed by atoms with E-state index in [0.29, 0.717) is 11.3 Å². The number of thiophene rings is 1. The van der Waals surface area contributed by atoms with Crippen molar-refractivity contribution in [1.82, 2.24) is 24.3 Å². The van der Waals surface area contributed by atoms with Crippen molar-refractivity contribution in [1.29, 1.82) is 0 Å². The summed E-state index contributed by atoms with van der Waals surface area (Å²) in [6.07, 6.45) is 1.92. The predicted molar refractivity (Wildman–Crippen MR) is 121 cm³/mol. The van der Waals surface area contributed by atoms with Gasteiger partial charge in [0.15, 0.2) is 16.5 Å². The van der Waals surface area contributed by atoms with Crippen LogP contribution in [-0.2, 0) is 28.0 Å². The summed E-state index contributed by atoms with van der Waals surface area (Å²) in [6, 6.07) is 0.955. The number of nitrogens with one attached hydrogen (secondary N) is 1. The Balaban J connectivity index is 1.37. The molecule has 0 radical (unpaired) electrons. The van der Waals surface area contributed by atoms with Gasteiger partial charge in [0, 0.05) is 22.9 Å². The van der Waals surface area contributed by atoms with Crippen LogP contribution in [0.15, 0.2) is 34.1 Å². The fourth-order valence-electron chi connectivity index (χ4n) is 3.91. The van der Waals surface area contributed by atoms with Gasteiger partial charge in [-0.3, -0.25) is 14.5 Å². The molecule has 4 N–H and O–H groups in total. The molecule has 5 rings (SSSR count). The molecule has 0 aliphatic carbocycles. The van der Waals surface area contributed by atoms with E-state index >= 15 is 0 Å². The lowest BCUT2D eigenvalue weighted by Crippen LogP contribution is -2.71.